The van der Waals surface area contributed by atoms with Gasteiger partial charge in [0.2, 0.25) is 5.91 Å². The van der Waals surface area contributed by atoms with Crippen LogP contribution < -0.4 is 10.2 Å². The van der Waals surface area contributed by atoms with Crippen molar-refractivity contribution in [2.24, 2.45) is 0 Å². The molecule has 1 saturated heterocycles. The van der Waals surface area contributed by atoms with Gasteiger partial charge in [-0.25, -0.2) is 0 Å². The molecule has 1 unspecified atom stereocenters. The number of rotatable bonds is 2. The lowest BCUT2D eigenvalue weighted by molar-refractivity contribution is -0.122. The first-order valence-corrected chi connectivity index (χ1v) is 5.73. The number of benzene rings is 1. The minimum Gasteiger partial charge on any atom is -0.358 e. The maximum absolute atomic E-state index is 11.6. The van der Waals surface area contributed by atoms with Crippen LogP contribution in [0.15, 0.2) is 18.2 Å². The molecule has 1 amide bonds. The van der Waals surface area contributed by atoms with E-state index in [1.165, 1.54) is 0 Å². The van der Waals surface area contributed by atoms with E-state index in [2.05, 4.69) is 10.2 Å². The average molecular weight is 232 g/mol. The van der Waals surface area contributed by atoms with Crippen LogP contribution in [0.25, 0.3) is 0 Å². The zero-order valence-electron chi connectivity index (χ0n) is 10.1. The fraction of sp³-hybridized carbons (Fsp3) is 0.385. The van der Waals surface area contributed by atoms with E-state index in [1.54, 1.807) is 6.07 Å². The van der Waals surface area contributed by atoms with Crippen molar-refractivity contribution >= 4 is 17.9 Å². The molecule has 17 heavy (non-hydrogen) atoms. The van der Waals surface area contributed by atoms with Crippen LogP contribution in [-0.2, 0) is 4.79 Å². The Bertz CT molecular complexity index is 457. The van der Waals surface area contributed by atoms with Gasteiger partial charge in [0.15, 0.2) is 0 Å². The Kier molecular flexibility index (Phi) is 3.13. The van der Waals surface area contributed by atoms with Gasteiger partial charge >= 0.3 is 0 Å². The van der Waals surface area contributed by atoms with Crippen molar-refractivity contribution in [1.29, 1.82) is 0 Å². The summed E-state index contributed by atoms with van der Waals surface area (Å²) in [6, 6.07) is 5.38. The summed E-state index contributed by atoms with van der Waals surface area (Å²) in [5, 5.41) is 2.84. The summed E-state index contributed by atoms with van der Waals surface area (Å²) in [5.41, 5.74) is 2.72. The first-order valence-electron chi connectivity index (χ1n) is 5.73. The molecule has 2 rings (SSSR count). The molecule has 1 aromatic rings. The molecule has 1 atom stereocenters. The van der Waals surface area contributed by atoms with Gasteiger partial charge in [0.25, 0.3) is 0 Å². The van der Waals surface area contributed by atoms with Crippen molar-refractivity contribution in [3.05, 3.63) is 29.3 Å². The number of nitrogens with one attached hydrogen (secondary N) is 1. The van der Waals surface area contributed by atoms with Crippen molar-refractivity contribution in [2.45, 2.75) is 19.9 Å². The molecule has 0 radical (unpaired) electrons. The second-order valence-corrected chi connectivity index (χ2v) is 4.32. The first kappa shape index (κ1) is 11.6. The quantitative estimate of drug-likeness (QED) is 0.778. The van der Waals surface area contributed by atoms with E-state index in [4.69, 9.17) is 0 Å². The zero-order chi connectivity index (χ0) is 12.4. The number of carbonyl (C=O) groups excluding carboxylic acids is 2. The number of aldehydes is 1. The highest BCUT2D eigenvalue weighted by Crippen LogP contribution is 2.23. The van der Waals surface area contributed by atoms with Crippen LogP contribution in [0.3, 0.4) is 0 Å². The number of amides is 1. The fourth-order valence-corrected chi connectivity index (χ4v) is 2.19. The number of hydrogen-bond acceptors (Lipinski definition) is 3. The Hall–Kier alpha value is -1.84. The van der Waals surface area contributed by atoms with Gasteiger partial charge in [-0.3, -0.25) is 9.59 Å². The van der Waals surface area contributed by atoms with E-state index in [-0.39, 0.29) is 11.9 Å². The van der Waals surface area contributed by atoms with Crippen molar-refractivity contribution in [1.82, 2.24) is 5.32 Å². The Morgan fingerprint density at radius 1 is 1.47 bits per heavy atom. The van der Waals surface area contributed by atoms with Gasteiger partial charge < -0.3 is 10.2 Å². The van der Waals surface area contributed by atoms with E-state index in [0.29, 0.717) is 12.1 Å². The molecule has 90 valence electrons. The Labute approximate surface area is 101 Å². The van der Waals surface area contributed by atoms with Gasteiger partial charge in [0.1, 0.15) is 12.3 Å². The van der Waals surface area contributed by atoms with Crippen LogP contribution >= 0.6 is 0 Å². The normalized spacial score (nSPS) is 20.0. The number of hydrogen-bond donors (Lipinski definition) is 1. The van der Waals surface area contributed by atoms with Gasteiger partial charge in [-0.1, -0.05) is 0 Å². The molecule has 0 aliphatic carbocycles. The zero-order valence-corrected chi connectivity index (χ0v) is 10.1. The monoisotopic (exact) mass is 232 g/mol. The summed E-state index contributed by atoms with van der Waals surface area (Å²) < 4.78 is 0. The summed E-state index contributed by atoms with van der Waals surface area (Å²) in [4.78, 5) is 24.4. The Balaban J connectivity index is 2.33. The second kappa shape index (κ2) is 4.57. The average Bonchev–Trinajstić information content (AvgIpc) is 2.33. The highest BCUT2D eigenvalue weighted by Gasteiger charge is 2.26. The van der Waals surface area contributed by atoms with E-state index in [0.717, 1.165) is 24.1 Å². The van der Waals surface area contributed by atoms with Crippen molar-refractivity contribution < 1.29 is 9.59 Å². The summed E-state index contributed by atoms with van der Waals surface area (Å²) in [6.45, 7) is 5.31. The minimum absolute atomic E-state index is 0.0510. The van der Waals surface area contributed by atoms with E-state index in [9.17, 15) is 9.59 Å². The maximum Gasteiger partial charge on any atom is 0.242 e. The van der Waals surface area contributed by atoms with Gasteiger partial charge in [0.05, 0.1) is 0 Å². The van der Waals surface area contributed by atoms with E-state index in [1.807, 2.05) is 26.0 Å². The molecular weight excluding hydrogens is 216 g/mol. The molecular formula is C13H16N2O2. The first-order chi connectivity index (χ1) is 8.13. The lowest BCUT2D eigenvalue weighted by atomic mass is 10.1. The highest BCUT2D eigenvalue weighted by atomic mass is 16.2. The number of nitrogens with zero attached hydrogens (tertiary/aromatic N) is 1. The lowest BCUT2D eigenvalue weighted by Gasteiger charge is -2.35. The third-order valence-corrected chi connectivity index (χ3v) is 3.17. The fourth-order valence-electron chi connectivity index (χ4n) is 2.19. The van der Waals surface area contributed by atoms with Crippen molar-refractivity contribution in [2.75, 3.05) is 18.0 Å². The molecule has 0 spiro atoms. The molecule has 1 N–H and O–H groups in total. The van der Waals surface area contributed by atoms with Crippen LogP contribution in [0.5, 0.6) is 0 Å². The van der Waals surface area contributed by atoms with Crippen LogP contribution in [0, 0.1) is 6.92 Å². The molecule has 1 aliphatic heterocycles. The second-order valence-electron chi connectivity index (χ2n) is 4.32. The van der Waals surface area contributed by atoms with Crippen molar-refractivity contribution in [3.63, 3.8) is 0 Å². The van der Waals surface area contributed by atoms with Gasteiger partial charge in [0, 0.05) is 24.3 Å². The largest absolute Gasteiger partial charge is 0.358 e. The molecule has 1 heterocycles. The molecule has 1 fully saturated rings. The Morgan fingerprint density at radius 3 is 2.88 bits per heavy atom. The smallest absolute Gasteiger partial charge is 0.242 e. The maximum atomic E-state index is 11.6. The predicted octanol–water partition coefficient (Wildman–Crippen LogP) is 1.13. The summed E-state index contributed by atoms with van der Waals surface area (Å²) in [6.07, 6.45) is 0.836. The van der Waals surface area contributed by atoms with Gasteiger partial charge in [-0.15, -0.1) is 0 Å². The van der Waals surface area contributed by atoms with Gasteiger partial charge in [-0.2, -0.15) is 0 Å². The molecule has 0 saturated carbocycles. The van der Waals surface area contributed by atoms with Gasteiger partial charge in [-0.05, 0) is 37.6 Å². The predicted molar refractivity (Wildman–Crippen MR) is 66.4 cm³/mol. The SMILES string of the molecule is Cc1cc(C=O)ccc1N1CCNC(=O)C1C. The van der Waals surface area contributed by atoms with E-state index >= 15 is 0 Å². The lowest BCUT2D eigenvalue weighted by Crippen LogP contribution is -2.54. The summed E-state index contributed by atoms with van der Waals surface area (Å²) in [5.74, 6) is 0.0510. The van der Waals surface area contributed by atoms with Crippen LogP contribution in [0.4, 0.5) is 5.69 Å². The van der Waals surface area contributed by atoms with Crippen LogP contribution in [-0.4, -0.2) is 31.3 Å². The highest BCUT2D eigenvalue weighted by molar-refractivity contribution is 5.86. The number of carbonyl (C=O) groups is 2. The molecule has 0 aromatic heterocycles. The number of anilines is 1. The van der Waals surface area contributed by atoms with Crippen LogP contribution in [0.1, 0.15) is 22.8 Å². The molecule has 1 aromatic carbocycles. The van der Waals surface area contributed by atoms with E-state index < -0.39 is 0 Å². The third kappa shape index (κ3) is 2.16. The molecule has 0 bridgehead atoms. The number of aryl methyl sites for hydroxylation is 1. The number of piperazine rings is 1. The molecule has 4 heteroatoms. The minimum atomic E-state index is -0.162. The standard InChI is InChI=1S/C13H16N2O2/c1-9-7-11(8-16)3-4-12(9)15-6-5-14-13(17)10(15)2/h3-4,7-8,10H,5-6H2,1-2H3,(H,14,17). The molecule has 4 nitrogen and oxygen atoms in total. The third-order valence-electron chi connectivity index (χ3n) is 3.17. The Morgan fingerprint density at radius 2 is 2.24 bits per heavy atom. The topological polar surface area (TPSA) is 49.4 Å². The molecule has 1 aliphatic rings. The van der Waals surface area contributed by atoms with Crippen molar-refractivity contribution in [3.8, 4) is 0 Å². The summed E-state index contributed by atoms with van der Waals surface area (Å²) in [7, 11) is 0. The summed E-state index contributed by atoms with van der Waals surface area (Å²) >= 11 is 0. The van der Waals surface area contributed by atoms with Crippen LogP contribution in [0.2, 0.25) is 0 Å².